The van der Waals surface area contributed by atoms with Gasteiger partial charge in [-0.1, -0.05) is 0 Å². The summed E-state index contributed by atoms with van der Waals surface area (Å²) in [5, 5.41) is 3.40. The lowest BCUT2D eigenvalue weighted by molar-refractivity contribution is 0.0824. The Kier molecular flexibility index (Phi) is 5.16. The molecule has 19 heavy (non-hydrogen) atoms. The van der Waals surface area contributed by atoms with Gasteiger partial charge in [0.05, 0.1) is 6.10 Å². The molecule has 1 aromatic rings. The summed E-state index contributed by atoms with van der Waals surface area (Å²) in [5.74, 6) is 0.517. The van der Waals surface area contributed by atoms with Gasteiger partial charge >= 0.3 is 0 Å². The number of aryl methyl sites for hydroxylation is 1. The maximum atomic E-state index is 12.9. The molecule has 1 N–H and O–H groups in total. The zero-order valence-corrected chi connectivity index (χ0v) is 11.6. The fourth-order valence-corrected chi connectivity index (χ4v) is 2.35. The molecule has 1 aliphatic heterocycles. The summed E-state index contributed by atoms with van der Waals surface area (Å²) in [7, 11) is 0. The summed E-state index contributed by atoms with van der Waals surface area (Å²) >= 11 is 0. The summed E-state index contributed by atoms with van der Waals surface area (Å²) < 4.78 is 24.2. The van der Waals surface area contributed by atoms with Crippen LogP contribution in [0.15, 0.2) is 18.2 Å². The molecule has 1 aliphatic rings. The minimum absolute atomic E-state index is 0.227. The maximum absolute atomic E-state index is 12.9. The predicted octanol–water partition coefficient (Wildman–Crippen LogP) is 2.67. The van der Waals surface area contributed by atoms with Crippen molar-refractivity contribution in [3.63, 3.8) is 0 Å². The third-order valence-electron chi connectivity index (χ3n) is 3.49. The molecule has 2 atom stereocenters. The molecule has 1 heterocycles. The number of benzene rings is 1. The van der Waals surface area contributed by atoms with Crippen molar-refractivity contribution < 1.29 is 13.9 Å². The van der Waals surface area contributed by atoms with Crippen LogP contribution in [0.25, 0.3) is 0 Å². The Bertz CT molecular complexity index is 405. The number of hydrogen-bond donors (Lipinski definition) is 1. The maximum Gasteiger partial charge on any atom is 0.123 e. The smallest absolute Gasteiger partial charge is 0.123 e. The van der Waals surface area contributed by atoms with E-state index in [1.807, 2.05) is 6.92 Å². The number of hydrogen-bond acceptors (Lipinski definition) is 3. The van der Waals surface area contributed by atoms with Crippen LogP contribution in [0.5, 0.6) is 5.75 Å². The summed E-state index contributed by atoms with van der Waals surface area (Å²) in [6.45, 7) is 6.20. The molecule has 0 radical (unpaired) electrons. The Morgan fingerprint density at radius 3 is 3.05 bits per heavy atom. The predicted molar refractivity (Wildman–Crippen MR) is 73.1 cm³/mol. The van der Waals surface area contributed by atoms with Crippen molar-refractivity contribution in [2.75, 3.05) is 19.8 Å². The van der Waals surface area contributed by atoms with Crippen molar-refractivity contribution in [2.45, 2.75) is 38.8 Å². The van der Waals surface area contributed by atoms with E-state index in [2.05, 4.69) is 12.2 Å². The highest BCUT2D eigenvalue weighted by Crippen LogP contribution is 2.18. The molecule has 1 aromatic carbocycles. The Hall–Kier alpha value is -1.13. The van der Waals surface area contributed by atoms with Crippen molar-refractivity contribution in [1.29, 1.82) is 0 Å². The van der Waals surface area contributed by atoms with Crippen LogP contribution < -0.4 is 10.1 Å². The van der Waals surface area contributed by atoms with E-state index in [-0.39, 0.29) is 5.82 Å². The topological polar surface area (TPSA) is 30.5 Å². The van der Waals surface area contributed by atoms with Gasteiger partial charge in [0, 0.05) is 19.2 Å². The van der Waals surface area contributed by atoms with E-state index in [0.29, 0.717) is 18.8 Å². The Morgan fingerprint density at radius 1 is 1.53 bits per heavy atom. The quantitative estimate of drug-likeness (QED) is 0.804. The third-order valence-corrected chi connectivity index (χ3v) is 3.49. The zero-order chi connectivity index (χ0) is 13.7. The van der Waals surface area contributed by atoms with Crippen LogP contribution in [0.3, 0.4) is 0 Å². The lowest BCUT2D eigenvalue weighted by Gasteiger charge is -2.20. The molecule has 0 aromatic heterocycles. The third kappa shape index (κ3) is 4.18. The van der Waals surface area contributed by atoms with E-state index in [4.69, 9.17) is 9.47 Å². The van der Waals surface area contributed by atoms with Gasteiger partial charge in [0.15, 0.2) is 0 Å². The highest BCUT2D eigenvalue weighted by molar-refractivity contribution is 5.32. The zero-order valence-electron chi connectivity index (χ0n) is 11.6. The number of rotatable bonds is 6. The average Bonchev–Trinajstić information content (AvgIpc) is 2.90. The summed E-state index contributed by atoms with van der Waals surface area (Å²) in [4.78, 5) is 0. The van der Waals surface area contributed by atoms with Gasteiger partial charge in [0.25, 0.3) is 0 Å². The van der Waals surface area contributed by atoms with Crippen LogP contribution in [0.2, 0.25) is 0 Å². The van der Waals surface area contributed by atoms with Gasteiger partial charge in [0.2, 0.25) is 0 Å². The van der Waals surface area contributed by atoms with E-state index in [0.717, 1.165) is 37.3 Å². The highest BCUT2D eigenvalue weighted by Gasteiger charge is 2.21. The van der Waals surface area contributed by atoms with Crippen LogP contribution in [0.4, 0.5) is 4.39 Å². The summed E-state index contributed by atoms with van der Waals surface area (Å²) in [6, 6.07) is 4.93. The van der Waals surface area contributed by atoms with Gasteiger partial charge in [-0.2, -0.15) is 0 Å². The number of halogens is 1. The van der Waals surface area contributed by atoms with Crippen molar-refractivity contribution >= 4 is 0 Å². The molecule has 0 aliphatic carbocycles. The largest absolute Gasteiger partial charge is 0.492 e. The first-order chi connectivity index (χ1) is 9.16. The Balaban J connectivity index is 1.68. The van der Waals surface area contributed by atoms with Gasteiger partial charge in [-0.3, -0.25) is 0 Å². The van der Waals surface area contributed by atoms with E-state index in [9.17, 15) is 4.39 Å². The lowest BCUT2D eigenvalue weighted by atomic mass is 10.1. The van der Waals surface area contributed by atoms with Gasteiger partial charge in [-0.15, -0.1) is 0 Å². The number of ether oxygens (including phenoxy) is 2. The van der Waals surface area contributed by atoms with Crippen LogP contribution in [0.1, 0.15) is 25.3 Å². The van der Waals surface area contributed by atoms with E-state index in [1.165, 1.54) is 12.1 Å². The Labute approximate surface area is 114 Å². The van der Waals surface area contributed by atoms with Gasteiger partial charge in [-0.05, 0) is 50.5 Å². The molecule has 2 rings (SSSR count). The standard InChI is InChI=1S/C15H22FNO2/c1-11-10-13(16)5-6-14(11)19-9-7-17-12(2)15-4-3-8-18-15/h5-6,10,12,15,17H,3-4,7-9H2,1-2H3. The normalized spacial score (nSPS) is 20.5. The Morgan fingerprint density at radius 2 is 2.37 bits per heavy atom. The fraction of sp³-hybridized carbons (Fsp3) is 0.600. The molecule has 0 bridgehead atoms. The minimum Gasteiger partial charge on any atom is -0.492 e. The second-order valence-electron chi connectivity index (χ2n) is 5.05. The van der Waals surface area contributed by atoms with Crippen molar-refractivity contribution in [2.24, 2.45) is 0 Å². The first kappa shape index (κ1) is 14.3. The monoisotopic (exact) mass is 267 g/mol. The van der Waals surface area contributed by atoms with E-state index in [1.54, 1.807) is 6.07 Å². The van der Waals surface area contributed by atoms with Crippen molar-refractivity contribution in [3.05, 3.63) is 29.6 Å². The molecule has 3 nitrogen and oxygen atoms in total. The first-order valence-corrected chi connectivity index (χ1v) is 6.91. The first-order valence-electron chi connectivity index (χ1n) is 6.91. The molecule has 1 saturated heterocycles. The second kappa shape index (κ2) is 6.87. The summed E-state index contributed by atoms with van der Waals surface area (Å²) in [5.41, 5.74) is 0.826. The van der Waals surface area contributed by atoms with Crippen LogP contribution in [-0.2, 0) is 4.74 Å². The summed E-state index contributed by atoms with van der Waals surface area (Å²) in [6.07, 6.45) is 2.61. The molecule has 0 amide bonds. The molecule has 0 saturated carbocycles. The van der Waals surface area contributed by atoms with Gasteiger partial charge < -0.3 is 14.8 Å². The van der Waals surface area contributed by atoms with Crippen molar-refractivity contribution in [1.82, 2.24) is 5.32 Å². The molecule has 4 heteroatoms. The van der Waals surface area contributed by atoms with E-state index < -0.39 is 0 Å². The van der Waals surface area contributed by atoms with Gasteiger partial charge in [-0.25, -0.2) is 4.39 Å². The highest BCUT2D eigenvalue weighted by atomic mass is 19.1. The molecule has 0 spiro atoms. The lowest BCUT2D eigenvalue weighted by Crippen LogP contribution is -2.39. The van der Waals surface area contributed by atoms with Crippen molar-refractivity contribution in [3.8, 4) is 5.75 Å². The minimum atomic E-state index is -0.227. The SMILES string of the molecule is Cc1cc(F)ccc1OCCNC(C)C1CCCO1. The molecular weight excluding hydrogens is 245 g/mol. The van der Waals surface area contributed by atoms with Crippen LogP contribution in [0, 0.1) is 12.7 Å². The van der Waals surface area contributed by atoms with E-state index >= 15 is 0 Å². The molecule has 2 unspecified atom stereocenters. The fourth-order valence-electron chi connectivity index (χ4n) is 2.35. The van der Waals surface area contributed by atoms with Crippen LogP contribution in [-0.4, -0.2) is 31.9 Å². The van der Waals surface area contributed by atoms with Gasteiger partial charge in [0.1, 0.15) is 18.2 Å². The number of nitrogens with one attached hydrogen (secondary N) is 1. The average molecular weight is 267 g/mol. The second-order valence-corrected chi connectivity index (χ2v) is 5.05. The molecule has 1 fully saturated rings. The molecular formula is C15H22FNO2. The molecule has 106 valence electrons. The van der Waals surface area contributed by atoms with Crippen LogP contribution >= 0.6 is 0 Å².